The topological polar surface area (TPSA) is 67.6 Å². The zero-order valence-electron chi connectivity index (χ0n) is 11.8. The van der Waals surface area contributed by atoms with Gasteiger partial charge in [0.15, 0.2) is 0 Å². The van der Waals surface area contributed by atoms with Crippen LogP contribution >= 0.6 is 12.6 Å². The first-order chi connectivity index (χ1) is 9.23. The molecule has 110 valence electrons. The van der Waals surface area contributed by atoms with Gasteiger partial charge in [0.25, 0.3) is 0 Å². The maximum absolute atomic E-state index is 12.2. The van der Waals surface area contributed by atoms with Gasteiger partial charge in [0.2, 0.25) is 0 Å². The molecule has 1 unspecified atom stereocenters. The number of aliphatic hydroxyl groups excluding tert-OH is 1. The van der Waals surface area contributed by atoms with Crippen molar-refractivity contribution in [2.24, 2.45) is 0 Å². The van der Waals surface area contributed by atoms with Gasteiger partial charge in [-0.1, -0.05) is 6.58 Å². The van der Waals surface area contributed by atoms with Gasteiger partial charge < -0.3 is 9.84 Å². The van der Waals surface area contributed by atoms with Crippen molar-refractivity contribution in [2.45, 2.75) is 44.9 Å². The van der Waals surface area contributed by atoms with Crippen LogP contribution in [0.1, 0.15) is 32.2 Å². The second-order valence-corrected chi connectivity index (χ2v) is 6.23. The van der Waals surface area contributed by atoms with Crippen molar-refractivity contribution in [3.63, 3.8) is 0 Å². The minimum atomic E-state index is -0.585. The first kappa shape index (κ1) is 14.9. The Kier molecular flexibility index (Phi) is 3.84. The summed E-state index contributed by atoms with van der Waals surface area (Å²) in [5, 5.41) is 12.9. The molecule has 0 fully saturated rings. The number of amides is 1. The molecule has 20 heavy (non-hydrogen) atoms. The van der Waals surface area contributed by atoms with E-state index >= 15 is 0 Å². The highest BCUT2D eigenvalue weighted by Crippen LogP contribution is 2.30. The molecule has 0 saturated heterocycles. The van der Waals surface area contributed by atoms with Crippen LogP contribution in [0.25, 0.3) is 5.70 Å². The fourth-order valence-electron chi connectivity index (χ4n) is 2.00. The van der Waals surface area contributed by atoms with Crippen LogP contribution in [0.3, 0.4) is 0 Å². The molecule has 0 aromatic carbocycles. The minimum absolute atomic E-state index is 0.156. The van der Waals surface area contributed by atoms with Crippen molar-refractivity contribution < 1.29 is 14.6 Å². The summed E-state index contributed by atoms with van der Waals surface area (Å²) in [7, 11) is 0. The molecule has 0 bridgehead atoms. The first-order valence-corrected chi connectivity index (χ1v) is 6.81. The molecule has 1 N–H and O–H groups in total. The van der Waals surface area contributed by atoms with Crippen molar-refractivity contribution in [2.75, 3.05) is 0 Å². The molecule has 2 heterocycles. The standard InChI is InChI=1S/C13H19N3O3S/c1-8-10-5-9(7-17)14-15(10)6-11(20)16(8)12(18)19-13(2,3)4/h5,11,17,20H,1,6-7H2,2-4H3. The zero-order valence-corrected chi connectivity index (χ0v) is 12.7. The molecule has 0 radical (unpaired) electrons. The molecule has 7 heteroatoms. The average Bonchev–Trinajstić information content (AvgIpc) is 2.69. The number of hydrogen-bond acceptors (Lipinski definition) is 5. The van der Waals surface area contributed by atoms with Gasteiger partial charge in [0, 0.05) is 0 Å². The lowest BCUT2D eigenvalue weighted by molar-refractivity contribution is 0.0319. The Bertz CT molecular complexity index is 548. The van der Waals surface area contributed by atoms with Crippen LogP contribution in [-0.4, -0.2) is 36.9 Å². The quantitative estimate of drug-likeness (QED) is 0.776. The van der Waals surface area contributed by atoms with E-state index in [0.29, 0.717) is 23.6 Å². The van der Waals surface area contributed by atoms with E-state index in [9.17, 15) is 4.79 Å². The summed E-state index contributed by atoms with van der Waals surface area (Å²) >= 11 is 4.41. The number of thiol groups is 1. The van der Waals surface area contributed by atoms with Gasteiger partial charge in [-0.3, -0.25) is 9.58 Å². The predicted octanol–water partition coefficient (Wildman–Crippen LogP) is 1.85. The van der Waals surface area contributed by atoms with Gasteiger partial charge in [0.05, 0.1) is 30.2 Å². The Hall–Kier alpha value is -1.47. The third-order valence-electron chi connectivity index (χ3n) is 2.80. The van der Waals surface area contributed by atoms with Crippen molar-refractivity contribution >= 4 is 24.4 Å². The molecule has 0 saturated carbocycles. The molecule has 0 spiro atoms. The maximum Gasteiger partial charge on any atom is 0.415 e. The van der Waals surface area contributed by atoms with Crippen LogP contribution in [0, 0.1) is 0 Å². The highest BCUT2D eigenvalue weighted by Gasteiger charge is 2.34. The van der Waals surface area contributed by atoms with Crippen LogP contribution in [0.5, 0.6) is 0 Å². The third kappa shape index (κ3) is 2.83. The first-order valence-electron chi connectivity index (χ1n) is 6.30. The molecule has 1 aliphatic heterocycles. The number of carbonyl (C=O) groups excluding carboxylic acids is 1. The molecule has 1 amide bonds. The number of nitrogens with zero attached hydrogens (tertiary/aromatic N) is 3. The number of carbonyl (C=O) groups is 1. The Morgan fingerprint density at radius 3 is 2.85 bits per heavy atom. The Morgan fingerprint density at radius 2 is 2.30 bits per heavy atom. The minimum Gasteiger partial charge on any atom is -0.443 e. The van der Waals surface area contributed by atoms with Gasteiger partial charge in [-0.2, -0.15) is 17.7 Å². The van der Waals surface area contributed by atoms with E-state index in [0.717, 1.165) is 0 Å². The normalized spacial score (nSPS) is 18.9. The fraction of sp³-hybridized carbons (Fsp3) is 0.538. The molecule has 1 aromatic rings. The van der Waals surface area contributed by atoms with E-state index in [1.165, 1.54) is 4.90 Å². The summed E-state index contributed by atoms with van der Waals surface area (Å²) in [6.07, 6.45) is -0.486. The summed E-state index contributed by atoms with van der Waals surface area (Å²) in [5.41, 5.74) is 1.11. The summed E-state index contributed by atoms with van der Waals surface area (Å²) in [6.45, 7) is 9.59. The van der Waals surface area contributed by atoms with E-state index in [-0.39, 0.29) is 6.61 Å². The second-order valence-electron chi connectivity index (χ2n) is 5.64. The number of ether oxygens (including phenoxy) is 1. The maximum atomic E-state index is 12.2. The van der Waals surface area contributed by atoms with Crippen LogP contribution in [0.4, 0.5) is 4.79 Å². The highest BCUT2D eigenvalue weighted by atomic mass is 32.1. The summed E-state index contributed by atoms with van der Waals surface area (Å²) in [5.74, 6) is 0. The summed E-state index contributed by atoms with van der Waals surface area (Å²) in [4.78, 5) is 13.6. The SMILES string of the molecule is C=C1c2cc(CO)nn2CC(S)N1C(=O)OC(C)(C)C. The monoisotopic (exact) mass is 297 g/mol. The van der Waals surface area contributed by atoms with Gasteiger partial charge in [0.1, 0.15) is 11.0 Å². The lowest BCUT2D eigenvalue weighted by Crippen LogP contribution is -2.44. The lowest BCUT2D eigenvalue weighted by atomic mass is 10.2. The molecule has 0 aliphatic carbocycles. The van der Waals surface area contributed by atoms with E-state index < -0.39 is 17.1 Å². The fourth-order valence-corrected chi connectivity index (χ4v) is 2.39. The Balaban J connectivity index is 2.28. The van der Waals surface area contributed by atoms with Gasteiger partial charge in [-0.05, 0) is 26.8 Å². The summed E-state index contributed by atoms with van der Waals surface area (Å²) in [6, 6.07) is 1.71. The number of rotatable bonds is 1. The second kappa shape index (κ2) is 5.14. The molecule has 1 atom stereocenters. The van der Waals surface area contributed by atoms with Crippen molar-refractivity contribution in [3.8, 4) is 0 Å². The molecule has 1 aromatic heterocycles. The van der Waals surface area contributed by atoms with E-state index in [1.54, 1.807) is 31.5 Å². The molecular formula is C13H19N3O3S. The molecule has 1 aliphatic rings. The number of fused-ring (bicyclic) bond motifs is 1. The number of aliphatic hydroxyl groups is 1. The van der Waals surface area contributed by atoms with Crippen molar-refractivity contribution in [3.05, 3.63) is 24.0 Å². The van der Waals surface area contributed by atoms with E-state index in [1.807, 2.05) is 0 Å². The van der Waals surface area contributed by atoms with Gasteiger partial charge in [-0.25, -0.2) is 4.79 Å². The van der Waals surface area contributed by atoms with Gasteiger partial charge in [-0.15, -0.1) is 0 Å². The number of hydrogen-bond donors (Lipinski definition) is 2. The van der Waals surface area contributed by atoms with E-state index in [2.05, 4.69) is 24.3 Å². The van der Waals surface area contributed by atoms with Crippen LogP contribution in [-0.2, 0) is 17.9 Å². The number of aromatic nitrogens is 2. The Morgan fingerprint density at radius 1 is 1.65 bits per heavy atom. The zero-order chi connectivity index (χ0) is 15.1. The largest absolute Gasteiger partial charge is 0.443 e. The molecule has 6 nitrogen and oxygen atoms in total. The summed E-state index contributed by atoms with van der Waals surface area (Å²) < 4.78 is 7.05. The van der Waals surface area contributed by atoms with Gasteiger partial charge >= 0.3 is 6.09 Å². The molecule has 2 rings (SSSR count). The van der Waals surface area contributed by atoms with Crippen LogP contribution < -0.4 is 0 Å². The third-order valence-corrected chi connectivity index (χ3v) is 3.20. The van der Waals surface area contributed by atoms with Crippen molar-refractivity contribution in [1.82, 2.24) is 14.7 Å². The average molecular weight is 297 g/mol. The van der Waals surface area contributed by atoms with Crippen LogP contribution in [0.2, 0.25) is 0 Å². The Labute approximate surface area is 123 Å². The van der Waals surface area contributed by atoms with Crippen molar-refractivity contribution in [1.29, 1.82) is 0 Å². The van der Waals surface area contributed by atoms with Crippen LogP contribution in [0.15, 0.2) is 12.6 Å². The lowest BCUT2D eigenvalue weighted by Gasteiger charge is -2.35. The highest BCUT2D eigenvalue weighted by molar-refractivity contribution is 7.80. The smallest absolute Gasteiger partial charge is 0.415 e. The van der Waals surface area contributed by atoms with E-state index in [4.69, 9.17) is 9.84 Å². The molecular weight excluding hydrogens is 278 g/mol. The predicted molar refractivity (Wildman–Crippen MR) is 78.0 cm³/mol.